The Morgan fingerprint density at radius 1 is 1.35 bits per heavy atom. The fraction of sp³-hybridized carbons (Fsp3) is 0.421. The number of hydrogen-bond donors (Lipinski definition) is 1. The smallest absolute Gasteiger partial charge is 0.305 e. The Kier molecular flexibility index (Phi) is 5.06. The minimum absolute atomic E-state index is 0.116. The van der Waals surface area contributed by atoms with Crippen LogP contribution >= 0.6 is 0 Å². The van der Waals surface area contributed by atoms with Crippen molar-refractivity contribution in [3.63, 3.8) is 0 Å². The van der Waals surface area contributed by atoms with E-state index in [4.69, 9.17) is 5.11 Å². The highest BCUT2D eigenvalue weighted by Crippen LogP contribution is 2.30. The Morgan fingerprint density at radius 3 is 2.77 bits per heavy atom. The van der Waals surface area contributed by atoms with Crippen molar-refractivity contribution in [3.05, 3.63) is 46.5 Å². The van der Waals surface area contributed by atoms with Gasteiger partial charge in [-0.1, -0.05) is 12.1 Å². The largest absolute Gasteiger partial charge is 0.481 e. The number of benzene rings is 1. The summed E-state index contributed by atoms with van der Waals surface area (Å²) in [5, 5.41) is 13.3. The Hall–Kier alpha value is -2.70. The van der Waals surface area contributed by atoms with E-state index >= 15 is 0 Å². The number of nitrogens with zero attached hydrogens (tertiary/aromatic N) is 3. The van der Waals surface area contributed by atoms with E-state index in [2.05, 4.69) is 5.10 Å². The molecule has 3 rings (SSSR count). The quantitative estimate of drug-likeness (QED) is 0.860. The Morgan fingerprint density at radius 2 is 2.12 bits per heavy atom. The van der Waals surface area contributed by atoms with Crippen LogP contribution in [0.1, 0.15) is 47.1 Å². The summed E-state index contributed by atoms with van der Waals surface area (Å²) >= 11 is 0. The normalized spacial score (nSPS) is 12.9. The number of carbonyl (C=O) groups excluding carboxylic acids is 1. The first-order valence-electron chi connectivity index (χ1n) is 8.81. The predicted molar refractivity (Wildman–Crippen MR) is 94.1 cm³/mol. The van der Waals surface area contributed by atoms with E-state index in [0.29, 0.717) is 17.9 Å². The molecule has 7 heteroatoms. The lowest BCUT2D eigenvalue weighted by Crippen LogP contribution is -2.33. The molecular weight excluding hydrogens is 337 g/mol. The third-order valence-corrected chi connectivity index (χ3v) is 4.80. The lowest BCUT2D eigenvalue weighted by atomic mass is 10.1. The van der Waals surface area contributed by atoms with Crippen LogP contribution in [0.25, 0.3) is 5.69 Å². The number of hydrogen-bond acceptors (Lipinski definition) is 3. The number of carboxylic acids is 1. The average molecular weight is 359 g/mol. The van der Waals surface area contributed by atoms with Crippen LogP contribution in [0.5, 0.6) is 0 Å². The van der Waals surface area contributed by atoms with Gasteiger partial charge in [0.25, 0.3) is 5.91 Å². The molecule has 1 aliphatic rings. The van der Waals surface area contributed by atoms with Gasteiger partial charge in [-0.05, 0) is 44.7 Å². The maximum atomic E-state index is 14.4. The van der Waals surface area contributed by atoms with Crippen LogP contribution in [0, 0.1) is 12.7 Å². The monoisotopic (exact) mass is 359 g/mol. The van der Waals surface area contributed by atoms with Gasteiger partial charge in [-0.25, -0.2) is 9.07 Å². The SMILES string of the molecule is CCN(CCC(=O)O)C(=O)c1nn(-c2c(C)cccc2F)c2c1CCC2. The molecule has 0 atom stereocenters. The molecule has 26 heavy (non-hydrogen) atoms. The summed E-state index contributed by atoms with van der Waals surface area (Å²) in [6.45, 7) is 4.14. The zero-order valence-corrected chi connectivity index (χ0v) is 15.0. The van der Waals surface area contributed by atoms with E-state index in [9.17, 15) is 14.0 Å². The standard InChI is InChI=1S/C19H22FN3O3/c1-3-22(11-10-16(24)25)19(26)17-13-7-5-9-15(13)23(21-17)18-12(2)6-4-8-14(18)20/h4,6,8H,3,5,7,9-11H2,1-2H3,(H,24,25). The lowest BCUT2D eigenvalue weighted by molar-refractivity contribution is -0.137. The zero-order chi connectivity index (χ0) is 18.8. The summed E-state index contributed by atoms with van der Waals surface area (Å²) in [6, 6.07) is 4.85. The molecule has 0 bridgehead atoms. The first-order chi connectivity index (χ1) is 12.4. The van der Waals surface area contributed by atoms with E-state index in [0.717, 1.165) is 36.1 Å². The lowest BCUT2D eigenvalue weighted by Gasteiger charge is -2.19. The molecule has 1 amide bonds. The minimum Gasteiger partial charge on any atom is -0.481 e. The number of carboxylic acid groups (broad SMARTS) is 1. The molecule has 1 aromatic carbocycles. The van der Waals surface area contributed by atoms with Crippen LogP contribution in [-0.4, -0.2) is 44.8 Å². The Bertz CT molecular complexity index is 840. The second-order valence-electron chi connectivity index (χ2n) is 6.47. The summed E-state index contributed by atoms with van der Waals surface area (Å²) in [7, 11) is 0. The molecule has 138 valence electrons. The molecule has 1 aromatic heterocycles. The number of aromatic nitrogens is 2. The zero-order valence-electron chi connectivity index (χ0n) is 15.0. The molecule has 6 nitrogen and oxygen atoms in total. The van der Waals surface area contributed by atoms with E-state index in [-0.39, 0.29) is 24.7 Å². The van der Waals surface area contributed by atoms with Gasteiger partial charge in [0.2, 0.25) is 0 Å². The number of amides is 1. The molecule has 0 saturated heterocycles. The fourth-order valence-electron chi connectivity index (χ4n) is 3.47. The van der Waals surface area contributed by atoms with E-state index in [1.807, 2.05) is 13.0 Å². The number of rotatable bonds is 6. The third-order valence-electron chi connectivity index (χ3n) is 4.80. The van der Waals surface area contributed by atoms with Gasteiger partial charge in [-0.2, -0.15) is 5.10 Å². The van der Waals surface area contributed by atoms with Crippen molar-refractivity contribution in [2.45, 2.75) is 39.5 Å². The summed E-state index contributed by atoms with van der Waals surface area (Å²) in [5.41, 5.74) is 3.16. The van der Waals surface area contributed by atoms with Crippen LogP contribution in [0.2, 0.25) is 0 Å². The molecule has 0 unspecified atom stereocenters. The maximum absolute atomic E-state index is 14.4. The summed E-state index contributed by atoms with van der Waals surface area (Å²) < 4.78 is 16.0. The van der Waals surface area contributed by atoms with Crippen LogP contribution in [0.4, 0.5) is 4.39 Å². The van der Waals surface area contributed by atoms with Crippen LogP contribution < -0.4 is 0 Å². The number of carbonyl (C=O) groups is 2. The van der Waals surface area contributed by atoms with Gasteiger partial charge in [0.05, 0.1) is 6.42 Å². The summed E-state index contributed by atoms with van der Waals surface area (Å²) in [5.74, 6) is -1.62. The van der Waals surface area contributed by atoms with Gasteiger partial charge in [-0.15, -0.1) is 0 Å². The molecule has 0 saturated carbocycles. The first kappa shape index (κ1) is 18.1. The molecule has 0 spiro atoms. The highest BCUT2D eigenvalue weighted by Gasteiger charge is 2.30. The molecule has 0 fully saturated rings. The highest BCUT2D eigenvalue weighted by molar-refractivity contribution is 5.94. The van der Waals surface area contributed by atoms with Crippen molar-refractivity contribution in [1.29, 1.82) is 0 Å². The number of aryl methyl sites for hydroxylation is 1. The van der Waals surface area contributed by atoms with Crippen molar-refractivity contribution < 1.29 is 19.1 Å². The van der Waals surface area contributed by atoms with Crippen LogP contribution in [-0.2, 0) is 17.6 Å². The van der Waals surface area contributed by atoms with Crippen LogP contribution in [0.15, 0.2) is 18.2 Å². The Balaban J connectivity index is 2.02. The predicted octanol–water partition coefficient (Wildman–Crippen LogP) is 2.75. The van der Waals surface area contributed by atoms with Crippen molar-refractivity contribution in [3.8, 4) is 5.69 Å². The van der Waals surface area contributed by atoms with Crippen molar-refractivity contribution in [2.24, 2.45) is 0 Å². The van der Waals surface area contributed by atoms with Gasteiger partial charge in [0.1, 0.15) is 11.5 Å². The van der Waals surface area contributed by atoms with Gasteiger partial charge >= 0.3 is 5.97 Å². The maximum Gasteiger partial charge on any atom is 0.305 e. The second kappa shape index (κ2) is 7.27. The molecule has 0 radical (unpaired) electrons. The van der Waals surface area contributed by atoms with Crippen LogP contribution in [0.3, 0.4) is 0 Å². The van der Waals surface area contributed by atoms with Gasteiger partial charge in [-0.3, -0.25) is 9.59 Å². The fourth-order valence-corrected chi connectivity index (χ4v) is 3.47. The van der Waals surface area contributed by atoms with E-state index in [1.54, 1.807) is 17.7 Å². The molecular formula is C19H22FN3O3. The minimum atomic E-state index is -0.950. The number of fused-ring (bicyclic) bond motifs is 1. The molecule has 1 N–H and O–H groups in total. The van der Waals surface area contributed by atoms with Gasteiger partial charge in [0, 0.05) is 24.3 Å². The number of aliphatic carboxylic acids is 1. The first-order valence-corrected chi connectivity index (χ1v) is 8.81. The molecule has 0 aliphatic heterocycles. The molecule has 1 heterocycles. The van der Waals surface area contributed by atoms with Crippen molar-refractivity contribution in [1.82, 2.24) is 14.7 Å². The molecule has 1 aliphatic carbocycles. The summed E-state index contributed by atoms with van der Waals surface area (Å²) in [6.07, 6.45) is 2.24. The van der Waals surface area contributed by atoms with Crippen molar-refractivity contribution in [2.75, 3.05) is 13.1 Å². The van der Waals surface area contributed by atoms with Gasteiger partial charge in [0.15, 0.2) is 5.69 Å². The topological polar surface area (TPSA) is 75.4 Å². The number of para-hydroxylation sites is 1. The number of halogens is 1. The van der Waals surface area contributed by atoms with E-state index < -0.39 is 5.97 Å². The summed E-state index contributed by atoms with van der Waals surface area (Å²) in [4.78, 5) is 25.2. The Labute approximate surface area is 151 Å². The highest BCUT2D eigenvalue weighted by atomic mass is 19.1. The second-order valence-corrected chi connectivity index (χ2v) is 6.47. The van der Waals surface area contributed by atoms with Gasteiger partial charge < -0.3 is 10.0 Å². The molecule has 2 aromatic rings. The van der Waals surface area contributed by atoms with Crippen molar-refractivity contribution >= 4 is 11.9 Å². The third kappa shape index (κ3) is 3.21. The average Bonchev–Trinajstić information content (AvgIpc) is 3.18. The van der Waals surface area contributed by atoms with E-state index in [1.165, 1.54) is 11.0 Å².